The normalized spacial score (nSPS) is 19.6. The highest BCUT2D eigenvalue weighted by molar-refractivity contribution is 6.11. The third-order valence-corrected chi connectivity index (χ3v) is 18.2. The molecule has 0 N–H and O–H groups in total. The zero-order valence-electron chi connectivity index (χ0n) is 44.4. The molecular weight excluding hydrogens is 943 g/mol. The van der Waals surface area contributed by atoms with Gasteiger partial charge in [0.15, 0.2) is 0 Å². The SMILES string of the molecule is C=CC.Cn1c2ccc(C3=C4CC(C=C3)C3C=CC(CC3)[C@]43C=Cc4c3c3c(n4-c4ccccc4)=CCCC=3)cc2c2cc(-c3ccc(-c4ccc(-c5ccc6c(c5)c5ccccc5n6-c5ccccc5)cc4)cc3)ccc21. The lowest BCUT2D eigenvalue weighted by Crippen LogP contribution is -2.44. The van der Waals surface area contributed by atoms with E-state index >= 15 is 0 Å². The van der Waals surface area contributed by atoms with Crippen molar-refractivity contribution in [3.8, 4) is 44.8 Å². The first-order valence-electron chi connectivity index (χ1n) is 28.2. The largest absolute Gasteiger partial charge is 0.344 e. The molecule has 17 rings (SSSR count). The lowest BCUT2D eigenvalue weighted by molar-refractivity contribution is 0.288. The molecule has 3 heterocycles. The van der Waals surface area contributed by atoms with E-state index in [4.69, 9.17) is 0 Å². The molecule has 0 amide bonds. The standard InChI is InChI=1S/C72H55N3.C3H6/c1-73-65-37-31-51(48-24-20-46(21-25-48)47-22-26-49(27-23-47)52-32-39-69-61(42-52)59-16-8-10-18-67(59)74(69)56-12-4-2-5-13-56)43-62(65)63-44-54(33-38-66(63)73)58-36-30-53-45-64(58)72(55-34-28-50(53)29-35-55)41-40-70-71(72)60-17-9-11-19-68(60)75(70)57-14-6-3-7-15-57;1-3-2/h2-8,10,12-28,30-34,36-44,50,53,55H,9,11,29,35,45H2,1H3;3H,1H2,2H3/t50?,53?,55?,72-;/m1./s1. The Morgan fingerprint density at radius 1 is 0.487 bits per heavy atom. The summed E-state index contributed by atoms with van der Waals surface area (Å²) in [4.78, 5) is 0. The average molecular weight is 1000 g/mol. The van der Waals surface area contributed by atoms with Crippen LogP contribution in [0.15, 0.2) is 237 Å². The smallest absolute Gasteiger partial charge is 0.0541 e. The van der Waals surface area contributed by atoms with Crippen LogP contribution < -0.4 is 10.6 Å². The van der Waals surface area contributed by atoms with Crippen molar-refractivity contribution in [1.82, 2.24) is 13.7 Å². The van der Waals surface area contributed by atoms with E-state index in [-0.39, 0.29) is 5.41 Å². The van der Waals surface area contributed by atoms with E-state index < -0.39 is 0 Å². The quantitative estimate of drug-likeness (QED) is 0.148. The minimum absolute atomic E-state index is 0.210. The van der Waals surface area contributed by atoms with Gasteiger partial charge in [0, 0.05) is 67.0 Å². The molecule has 6 aliphatic carbocycles. The van der Waals surface area contributed by atoms with Gasteiger partial charge in [-0.2, -0.15) is 0 Å². The van der Waals surface area contributed by atoms with Gasteiger partial charge >= 0.3 is 0 Å². The van der Waals surface area contributed by atoms with Crippen LogP contribution in [0.2, 0.25) is 0 Å². The van der Waals surface area contributed by atoms with Crippen molar-refractivity contribution in [2.24, 2.45) is 24.8 Å². The fourth-order valence-corrected chi connectivity index (χ4v) is 14.6. The summed E-state index contributed by atoms with van der Waals surface area (Å²) < 4.78 is 7.33. The summed E-state index contributed by atoms with van der Waals surface area (Å²) in [5.74, 6) is 1.52. The van der Waals surface area contributed by atoms with Crippen LogP contribution in [0, 0.1) is 17.8 Å². The van der Waals surface area contributed by atoms with Crippen LogP contribution in [-0.4, -0.2) is 13.7 Å². The molecule has 3 aromatic heterocycles. The third-order valence-electron chi connectivity index (χ3n) is 18.2. The number of rotatable bonds is 6. The van der Waals surface area contributed by atoms with Crippen molar-refractivity contribution in [2.45, 2.75) is 44.4 Å². The number of aromatic nitrogens is 3. The van der Waals surface area contributed by atoms with Crippen LogP contribution in [0.3, 0.4) is 0 Å². The molecule has 1 fully saturated rings. The maximum atomic E-state index is 3.36. The van der Waals surface area contributed by atoms with E-state index in [1.807, 2.05) is 6.92 Å². The zero-order valence-corrected chi connectivity index (χ0v) is 44.4. The van der Waals surface area contributed by atoms with Gasteiger partial charge in [-0.3, -0.25) is 0 Å². The van der Waals surface area contributed by atoms with Gasteiger partial charge in [-0.1, -0.05) is 170 Å². The van der Waals surface area contributed by atoms with Crippen LogP contribution in [-0.2, 0) is 12.5 Å². The highest BCUT2D eigenvalue weighted by Gasteiger charge is 2.51. The predicted molar refractivity (Wildman–Crippen MR) is 330 cm³/mol. The second kappa shape index (κ2) is 18.4. The fourth-order valence-electron chi connectivity index (χ4n) is 14.6. The molecule has 78 heavy (non-hydrogen) atoms. The molecule has 3 unspecified atom stereocenters. The topological polar surface area (TPSA) is 14.8 Å². The summed E-state index contributed by atoms with van der Waals surface area (Å²) in [6.07, 6.45) is 28.0. The molecule has 0 aliphatic heterocycles. The molecule has 8 aromatic carbocycles. The molecule has 0 saturated heterocycles. The zero-order chi connectivity index (χ0) is 52.1. The van der Waals surface area contributed by atoms with Crippen molar-refractivity contribution < 1.29 is 0 Å². The monoisotopic (exact) mass is 1000 g/mol. The highest BCUT2D eigenvalue weighted by Crippen LogP contribution is 2.58. The Hall–Kier alpha value is -8.92. The molecule has 1 spiro atoms. The van der Waals surface area contributed by atoms with E-state index in [9.17, 15) is 0 Å². The van der Waals surface area contributed by atoms with Crippen LogP contribution in [0.5, 0.6) is 0 Å². The van der Waals surface area contributed by atoms with Gasteiger partial charge in [-0.15, -0.1) is 6.58 Å². The molecule has 3 heteroatoms. The second-order valence-corrected chi connectivity index (χ2v) is 22.3. The number of para-hydroxylation sites is 3. The van der Waals surface area contributed by atoms with Crippen LogP contribution in [0.1, 0.15) is 55.8 Å². The van der Waals surface area contributed by atoms with Crippen molar-refractivity contribution in [2.75, 3.05) is 0 Å². The van der Waals surface area contributed by atoms with E-state index in [1.165, 1.54) is 134 Å². The van der Waals surface area contributed by atoms with E-state index in [1.54, 1.807) is 11.6 Å². The van der Waals surface area contributed by atoms with Crippen LogP contribution in [0.25, 0.3) is 112 Å². The first-order valence-corrected chi connectivity index (χ1v) is 28.2. The summed E-state index contributed by atoms with van der Waals surface area (Å²) >= 11 is 0. The molecule has 376 valence electrons. The first kappa shape index (κ1) is 46.4. The summed E-state index contributed by atoms with van der Waals surface area (Å²) in [5.41, 5.74) is 21.8. The van der Waals surface area contributed by atoms with Gasteiger partial charge in [0.2, 0.25) is 0 Å². The molecule has 6 aliphatic rings. The first-order chi connectivity index (χ1) is 38.5. The second-order valence-electron chi connectivity index (χ2n) is 22.3. The lowest BCUT2D eigenvalue weighted by atomic mass is 9.55. The van der Waals surface area contributed by atoms with Crippen molar-refractivity contribution in [3.05, 3.63) is 264 Å². The number of benzene rings is 8. The maximum absolute atomic E-state index is 3.36. The molecular formula is C75H61N3. The third kappa shape index (κ3) is 7.10. The Morgan fingerprint density at radius 3 is 1.65 bits per heavy atom. The van der Waals surface area contributed by atoms with Crippen molar-refractivity contribution >= 4 is 67.4 Å². The van der Waals surface area contributed by atoms with E-state index in [2.05, 4.69) is 264 Å². The number of hydrogen-bond acceptors (Lipinski definition) is 0. The summed E-state index contributed by atoms with van der Waals surface area (Å²) in [6.45, 7) is 5.25. The number of nitrogens with zero attached hydrogens (tertiary/aromatic N) is 3. The Labute approximate surface area is 456 Å². The molecule has 4 atom stereocenters. The summed E-state index contributed by atoms with van der Waals surface area (Å²) in [6, 6.07) is 70.0. The van der Waals surface area contributed by atoms with Gasteiger partial charge in [0.1, 0.15) is 0 Å². The Kier molecular flexibility index (Phi) is 10.9. The highest BCUT2D eigenvalue weighted by atomic mass is 15.0. The molecule has 4 bridgehead atoms. The molecule has 11 aromatic rings. The molecule has 3 nitrogen and oxygen atoms in total. The van der Waals surface area contributed by atoms with E-state index in [0.717, 1.165) is 19.3 Å². The number of aryl methyl sites for hydroxylation is 1. The van der Waals surface area contributed by atoms with Crippen molar-refractivity contribution in [3.63, 3.8) is 0 Å². The summed E-state index contributed by atoms with van der Waals surface area (Å²) in [7, 11) is 2.23. The Morgan fingerprint density at radius 2 is 1.01 bits per heavy atom. The van der Waals surface area contributed by atoms with Gasteiger partial charge in [0.25, 0.3) is 0 Å². The van der Waals surface area contributed by atoms with Crippen LogP contribution in [0.4, 0.5) is 0 Å². The average Bonchev–Trinajstić information content (AvgIpc) is 3.91. The Bertz CT molecular complexity index is 4490. The summed E-state index contributed by atoms with van der Waals surface area (Å²) in [5, 5.41) is 7.98. The lowest BCUT2D eigenvalue weighted by Gasteiger charge is -2.47. The van der Waals surface area contributed by atoms with Crippen LogP contribution >= 0.6 is 0 Å². The molecule has 1 saturated carbocycles. The minimum atomic E-state index is -0.210. The predicted octanol–water partition coefficient (Wildman–Crippen LogP) is 17.7. The van der Waals surface area contributed by atoms with Gasteiger partial charge < -0.3 is 13.7 Å². The number of hydrogen-bond donors (Lipinski definition) is 0. The minimum Gasteiger partial charge on any atom is -0.344 e. The maximum Gasteiger partial charge on any atom is 0.0541 e. The Balaban J connectivity index is 0.00000173. The van der Waals surface area contributed by atoms with E-state index in [0.29, 0.717) is 17.8 Å². The van der Waals surface area contributed by atoms with Gasteiger partial charge in [0.05, 0.1) is 16.7 Å². The van der Waals surface area contributed by atoms with Gasteiger partial charge in [-0.25, -0.2) is 0 Å². The fraction of sp³-hybridized carbons (Fsp3) is 0.147. The number of fused-ring (bicyclic) bond motifs is 10. The van der Waals surface area contributed by atoms with Crippen molar-refractivity contribution in [1.29, 1.82) is 0 Å². The number of allylic oxidation sites excluding steroid dienone is 8. The molecule has 0 radical (unpaired) electrons. The van der Waals surface area contributed by atoms with Gasteiger partial charge in [-0.05, 0) is 185 Å².